The first-order chi connectivity index (χ1) is 36.5. The molecule has 8 rings (SSSR count). The van der Waals surface area contributed by atoms with E-state index < -0.39 is 184 Å². The zero-order chi connectivity index (χ0) is 57.5. The highest BCUT2D eigenvalue weighted by Crippen LogP contribution is 2.75. The van der Waals surface area contributed by atoms with Crippen LogP contribution in [0.15, 0.2) is 11.6 Å². The minimum Gasteiger partial charge on any atom is -0.394 e. The molecule has 78 heavy (non-hydrogen) atoms. The minimum absolute atomic E-state index is 0.0160. The van der Waals surface area contributed by atoms with Gasteiger partial charge in [-0.15, -0.1) is 0 Å². The third-order valence-corrected chi connectivity index (χ3v) is 21.2. The van der Waals surface area contributed by atoms with Gasteiger partial charge in [0.1, 0.15) is 79.4 Å². The number of fused-ring (bicyclic) bond motifs is 5. The maximum atomic E-state index is 12.7. The lowest BCUT2D eigenvalue weighted by Gasteiger charge is -2.67. The van der Waals surface area contributed by atoms with Crippen LogP contribution in [0.25, 0.3) is 0 Å². The number of ether oxygens (including phenoxy) is 8. The third kappa shape index (κ3) is 10.9. The van der Waals surface area contributed by atoms with Gasteiger partial charge in [0.25, 0.3) is 0 Å². The fourth-order valence-electron chi connectivity index (χ4n) is 15.9. The minimum atomic E-state index is -1.93. The third-order valence-electron chi connectivity index (χ3n) is 21.2. The molecule has 452 valence electrons. The second kappa shape index (κ2) is 23.7. The monoisotopic (exact) mass is 1120 g/mol. The molecule has 23 nitrogen and oxygen atoms in total. The predicted octanol–water partition coefficient (Wildman–Crippen LogP) is -1.96. The second-order valence-electron chi connectivity index (χ2n) is 26.2. The molecule has 0 aromatic carbocycles. The summed E-state index contributed by atoms with van der Waals surface area (Å²) in [6, 6.07) is 0. The van der Waals surface area contributed by atoms with Crippen LogP contribution >= 0.6 is 0 Å². The van der Waals surface area contributed by atoms with Gasteiger partial charge in [-0.2, -0.15) is 0 Å². The van der Waals surface area contributed by atoms with Crippen molar-refractivity contribution in [1.29, 1.82) is 0 Å². The summed E-state index contributed by atoms with van der Waals surface area (Å²) in [5, 5.41) is 163. The van der Waals surface area contributed by atoms with Gasteiger partial charge in [-0.1, -0.05) is 60.1 Å². The maximum absolute atomic E-state index is 12.7. The van der Waals surface area contributed by atoms with Crippen molar-refractivity contribution >= 4 is 0 Å². The molecule has 0 bridgehead atoms. The van der Waals surface area contributed by atoms with E-state index in [1.54, 1.807) is 20.8 Å². The van der Waals surface area contributed by atoms with E-state index in [0.29, 0.717) is 25.7 Å². The van der Waals surface area contributed by atoms with Crippen molar-refractivity contribution in [1.82, 2.24) is 0 Å². The molecule has 4 saturated heterocycles. The Morgan fingerprint density at radius 1 is 0.590 bits per heavy atom. The van der Waals surface area contributed by atoms with Crippen LogP contribution in [0.3, 0.4) is 0 Å². The summed E-state index contributed by atoms with van der Waals surface area (Å²) >= 11 is 0. The number of aliphatic hydroxyl groups excluding tert-OH is 14. The van der Waals surface area contributed by atoms with Crippen LogP contribution < -0.4 is 0 Å². The van der Waals surface area contributed by atoms with Crippen LogP contribution in [0, 0.1) is 51.2 Å². The molecule has 0 aromatic heterocycles. The van der Waals surface area contributed by atoms with Gasteiger partial charge in [0.2, 0.25) is 0 Å². The van der Waals surface area contributed by atoms with E-state index in [4.69, 9.17) is 37.9 Å². The Bertz CT molecular complexity index is 2020. The largest absolute Gasteiger partial charge is 0.394 e. The van der Waals surface area contributed by atoms with E-state index in [1.807, 2.05) is 0 Å². The van der Waals surface area contributed by atoms with E-state index in [0.717, 1.165) is 19.3 Å². The molecule has 8 aliphatic rings. The number of allylic oxidation sites excluding steroid dienone is 1. The summed E-state index contributed by atoms with van der Waals surface area (Å²) in [6.07, 6.45) is -24.6. The van der Waals surface area contributed by atoms with Crippen LogP contribution in [0.5, 0.6) is 0 Å². The molecule has 0 aromatic rings. The average Bonchev–Trinajstić information content (AvgIpc) is 3.86. The maximum Gasteiger partial charge on any atom is 0.187 e. The molecule has 3 unspecified atom stereocenters. The Kier molecular flexibility index (Phi) is 19.1. The normalized spacial score (nSPS) is 51.4. The molecular weight excluding hydrogens is 1030 g/mol. The summed E-state index contributed by atoms with van der Waals surface area (Å²) in [4.78, 5) is 0. The summed E-state index contributed by atoms with van der Waals surface area (Å²) in [5.74, 6) is -0.443. The lowest BCUT2D eigenvalue weighted by molar-refractivity contribution is -0.392. The number of hydrogen-bond acceptors (Lipinski definition) is 23. The van der Waals surface area contributed by atoms with Gasteiger partial charge in [0, 0.05) is 16.7 Å². The van der Waals surface area contributed by atoms with Crippen molar-refractivity contribution in [2.45, 2.75) is 254 Å². The van der Waals surface area contributed by atoms with Crippen LogP contribution in [0.4, 0.5) is 0 Å². The van der Waals surface area contributed by atoms with Gasteiger partial charge in [0.15, 0.2) is 25.2 Å². The van der Waals surface area contributed by atoms with Crippen molar-refractivity contribution in [3.63, 3.8) is 0 Å². The Morgan fingerprint density at radius 3 is 1.65 bits per heavy atom. The quantitative estimate of drug-likeness (QED) is 0.0704. The molecule has 0 radical (unpaired) electrons. The number of aliphatic hydroxyl groups is 15. The molecule has 4 aliphatic carbocycles. The highest BCUT2D eigenvalue weighted by atomic mass is 16.8. The van der Waals surface area contributed by atoms with E-state index in [-0.39, 0.29) is 40.9 Å². The first-order valence-electron chi connectivity index (χ1n) is 28.4. The zero-order valence-corrected chi connectivity index (χ0v) is 46.6. The summed E-state index contributed by atoms with van der Waals surface area (Å²) in [6.45, 7) is 15.2. The average molecular weight is 1120 g/mol. The molecule has 4 heterocycles. The summed E-state index contributed by atoms with van der Waals surface area (Å²) < 4.78 is 48.7. The van der Waals surface area contributed by atoms with E-state index >= 15 is 0 Å². The lowest BCUT2D eigenvalue weighted by atomic mass is 9.38. The molecule has 23 heteroatoms. The van der Waals surface area contributed by atoms with Gasteiger partial charge < -0.3 is 114 Å². The Hall–Kier alpha value is -1.18. The van der Waals surface area contributed by atoms with Gasteiger partial charge in [-0.3, -0.25) is 0 Å². The number of rotatable bonds is 17. The number of hydrogen-bond donors (Lipinski definition) is 15. The van der Waals surface area contributed by atoms with Crippen molar-refractivity contribution in [3.8, 4) is 0 Å². The molecule has 7 fully saturated rings. The first kappa shape index (κ1) is 62.9. The summed E-state index contributed by atoms with van der Waals surface area (Å²) in [7, 11) is 0. The van der Waals surface area contributed by atoms with Gasteiger partial charge in [-0.05, 0) is 99.7 Å². The van der Waals surface area contributed by atoms with Crippen molar-refractivity contribution in [3.05, 3.63) is 11.6 Å². The lowest BCUT2D eigenvalue weighted by Crippen LogP contribution is -2.67. The fourth-order valence-corrected chi connectivity index (χ4v) is 15.9. The second-order valence-corrected chi connectivity index (χ2v) is 26.2. The molecule has 15 N–H and O–H groups in total. The molecule has 3 saturated carbocycles. The van der Waals surface area contributed by atoms with E-state index in [9.17, 15) is 76.6 Å². The van der Waals surface area contributed by atoms with E-state index in [2.05, 4.69) is 47.6 Å². The highest BCUT2D eigenvalue weighted by Gasteiger charge is 2.70. The van der Waals surface area contributed by atoms with Gasteiger partial charge >= 0.3 is 0 Å². The van der Waals surface area contributed by atoms with Crippen LogP contribution in [-0.4, -0.2) is 244 Å². The van der Waals surface area contributed by atoms with Crippen molar-refractivity contribution in [2.75, 3.05) is 26.4 Å². The van der Waals surface area contributed by atoms with Crippen LogP contribution in [-0.2, 0) is 37.9 Å². The Labute approximate surface area is 457 Å². The Morgan fingerprint density at radius 2 is 1.10 bits per heavy atom. The molecule has 30 atom stereocenters. The smallest absolute Gasteiger partial charge is 0.187 e. The predicted molar refractivity (Wildman–Crippen MR) is 271 cm³/mol. The zero-order valence-electron chi connectivity index (χ0n) is 46.6. The van der Waals surface area contributed by atoms with Crippen LogP contribution in [0.2, 0.25) is 0 Å². The van der Waals surface area contributed by atoms with Crippen molar-refractivity contribution < 1.29 is 114 Å². The molecule has 4 aliphatic heterocycles. The SMILES string of the molecule is C[C@H]1[C@H](O)[C@@H](O)[C@@H](O[C@H]2[C@H](O)[C@@H](O[C@@H]3O[C@H](CO)[C@@H](O)[C@H](O)[C@H]3O)[C@H](O[C@H](CC[C@@H](C)C3CC[C@@]4(C)C5CC=C6C(CC[C@H](O[C@@H]7O[C@H](CO)[C@@H](O)[C@H](O)[C@H]7O)C6(C)C)[C@]5(C)[C@H](O)C[C@]34C)C(C)(C)O)O[C@@H]2CO)O[C@@H]1CO. The van der Waals surface area contributed by atoms with Gasteiger partial charge in [0.05, 0.1) is 62.5 Å². The molecule has 0 spiro atoms. The topological polar surface area (TPSA) is 377 Å². The van der Waals surface area contributed by atoms with Crippen molar-refractivity contribution in [2.24, 2.45) is 51.2 Å². The molecular formula is C55H94O23. The summed E-state index contributed by atoms with van der Waals surface area (Å²) in [5.41, 5.74) is -1.99. The molecule has 0 amide bonds. The van der Waals surface area contributed by atoms with Gasteiger partial charge in [-0.25, -0.2) is 0 Å². The Balaban J connectivity index is 0.995. The standard InChI is InChI=1S/C55H94O23/c1-23(25-16-17-53(7)32-13-11-26-27(55(32,9)33(60)18-54(25,53)8)12-15-34(51(26,3)4)75-47-42(67)39(64)37(62)29(20-57)72-47)10-14-35(52(5,6)70)76-50-46(78-49-43(68)40(65)38(63)30(21-58)73-49)44(69)45(31(22-59)74-50)77-48-41(66)36(61)24(2)28(19-56)71-48/h11,23-25,27-50,56-70H,10,12-22H2,1-9H3/t23-,24-,25?,27?,28-,29-,30-,31-,32?,33-,34+,35-,36+,37-,38-,39+,40+,41-,42-,43-,44+,45-,46-,47+,48-,49+,50+,53+,54-,55+/m1/s1. The van der Waals surface area contributed by atoms with Crippen LogP contribution in [0.1, 0.15) is 114 Å². The van der Waals surface area contributed by atoms with E-state index in [1.165, 1.54) is 5.57 Å². The fraction of sp³-hybridized carbons (Fsp3) is 0.964. The first-order valence-corrected chi connectivity index (χ1v) is 28.4. The highest BCUT2D eigenvalue weighted by molar-refractivity contribution is 5.32.